The Morgan fingerprint density at radius 1 is 1.00 bits per heavy atom. The van der Waals surface area contributed by atoms with E-state index in [9.17, 15) is 0 Å². The summed E-state index contributed by atoms with van der Waals surface area (Å²) in [6.45, 7) is 3.97. The van der Waals surface area contributed by atoms with Crippen molar-refractivity contribution in [1.29, 1.82) is 0 Å². The van der Waals surface area contributed by atoms with E-state index >= 15 is 0 Å². The van der Waals surface area contributed by atoms with Crippen LogP contribution in [0.5, 0.6) is 0 Å². The summed E-state index contributed by atoms with van der Waals surface area (Å²) in [5.41, 5.74) is 2.97. The lowest BCUT2D eigenvalue weighted by molar-refractivity contribution is 0.802. The molecule has 0 aliphatic rings. The third-order valence-corrected chi connectivity index (χ3v) is 2.81. The Morgan fingerprint density at radius 2 is 1.79 bits per heavy atom. The first kappa shape index (κ1) is 11.5. The van der Waals surface area contributed by atoms with E-state index in [-0.39, 0.29) is 0 Å². The fourth-order valence-corrected chi connectivity index (χ4v) is 1.97. The number of aryl methyl sites for hydroxylation is 2. The Labute approximate surface area is 111 Å². The fraction of sp³-hybridized carbons (Fsp3) is 0.143. The van der Waals surface area contributed by atoms with Gasteiger partial charge in [0.25, 0.3) is 0 Å². The minimum Gasteiger partial charge on any atom is -0.265 e. The maximum Gasteiger partial charge on any atom is 0.161 e. The van der Waals surface area contributed by atoms with Crippen molar-refractivity contribution >= 4 is 0 Å². The molecule has 94 valence electrons. The highest BCUT2D eigenvalue weighted by molar-refractivity contribution is 5.54. The summed E-state index contributed by atoms with van der Waals surface area (Å²) in [5, 5.41) is 4.43. The van der Waals surface area contributed by atoms with Crippen molar-refractivity contribution in [1.82, 2.24) is 24.7 Å². The van der Waals surface area contributed by atoms with Gasteiger partial charge in [0, 0.05) is 35.9 Å². The number of pyridine rings is 1. The van der Waals surface area contributed by atoms with Crippen LogP contribution in [-0.2, 0) is 0 Å². The van der Waals surface area contributed by atoms with Crippen molar-refractivity contribution in [3.63, 3.8) is 0 Å². The van der Waals surface area contributed by atoms with Crippen LogP contribution in [-0.4, -0.2) is 24.7 Å². The van der Waals surface area contributed by atoms with Gasteiger partial charge in [0.1, 0.15) is 0 Å². The van der Waals surface area contributed by atoms with Gasteiger partial charge in [0.2, 0.25) is 0 Å². The van der Waals surface area contributed by atoms with Crippen LogP contribution in [0.25, 0.3) is 17.2 Å². The van der Waals surface area contributed by atoms with Gasteiger partial charge in [0.15, 0.2) is 11.6 Å². The molecule has 0 atom stereocenters. The van der Waals surface area contributed by atoms with Crippen molar-refractivity contribution in [3.05, 3.63) is 54.2 Å². The van der Waals surface area contributed by atoms with Gasteiger partial charge in [-0.05, 0) is 32.0 Å². The molecule has 0 aromatic carbocycles. The van der Waals surface area contributed by atoms with Gasteiger partial charge in [-0.1, -0.05) is 0 Å². The number of hydrogen-bond donors (Lipinski definition) is 0. The van der Waals surface area contributed by atoms with Gasteiger partial charge in [-0.2, -0.15) is 5.10 Å². The maximum absolute atomic E-state index is 4.55. The zero-order valence-electron chi connectivity index (χ0n) is 10.8. The van der Waals surface area contributed by atoms with Crippen molar-refractivity contribution in [2.45, 2.75) is 13.8 Å². The van der Waals surface area contributed by atoms with E-state index in [1.807, 2.05) is 42.8 Å². The fourth-order valence-electron chi connectivity index (χ4n) is 1.97. The lowest BCUT2D eigenvalue weighted by atomic mass is 10.2. The molecule has 3 rings (SSSR count). The zero-order valence-corrected chi connectivity index (χ0v) is 10.8. The molecule has 5 nitrogen and oxygen atoms in total. The third kappa shape index (κ3) is 2.22. The summed E-state index contributed by atoms with van der Waals surface area (Å²) in [4.78, 5) is 12.8. The van der Waals surface area contributed by atoms with E-state index in [0.717, 1.165) is 22.8 Å². The smallest absolute Gasteiger partial charge is 0.161 e. The Hall–Kier alpha value is -2.56. The maximum atomic E-state index is 4.55. The van der Waals surface area contributed by atoms with Gasteiger partial charge >= 0.3 is 0 Å². The molecule has 5 heteroatoms. The van der Waals surface area contributed by atoms with Crippen LogP contribution in [0.3, 0.4) is 0 Å². The summed E-state index contributed by atoms with van der Waals surface area (Å²) in [6, 6.07) is 7.65. The van der Waals surface area contributed by atoms with E-state index in [1.165, 1.54) is 0 Å². The average Bonchev–Trinajstić information content (AvgIpc) is 2.79. The van der Waals surface area contributed by atoms with Crippen molar-refractivity contribution < 1.29 is 0 Å². The van der Waals surface area contributed by atoms with Gasteiger partial charge < -0.3 is 0 Å². The third-order valence-electron chi connectivity index (χ3n) is 2.81. The zero-order chi connectivity index (χ0) is 13.2. The lowest BCUT2D eigenvalue weighted by Gasteiger charge is -2.05. The van der Waals surface area contributed by atoms with Crippen LogP contribution in [0.1, 0.15) is 11.4 Å². The van der Waals surface area contributed by atoms with E-state index in [4.69, 9.17) is 0 Å². The Bertz CT molecular complexity index is 703. The highest BCUT2D eigenvalue weighted by Gasteiger charge is 2.07. The van der Waals surface area contributed by atoms with Crippen molar-refractivity contribution in [3.8, 4) is 17.2 Å². The molecule has 0 radical (unpaired) electrons. The van der Waals surface area contributed by atoms with Crippen molar-refractivity contribution in [2.75, 3.05) is 0 Å². The molecular weight excluding hydrogens is 238 g/mol. The van der Waals surface area contributed by atoms with Gasteiger partial charge in [-0.25, -0.2) is 14.6 Å². The second kappa shape index (κ2) is 4.61. The van der Waals surface area contributed by atoms with Crippen LogP contribution in [0, 0.1) is 13.8 Å². The molecule has 0 aliphatic heterocycles. The average molecular weight is 251 g/mol. The number of rotatable bonds is 2. The summed E-state index contributed by atoms with van der Waals surface area (Å²) in [7, 11) is 0. The molecule has 0 aliphatic carbocycles. The van der Waals surface area contributed by atoms with Gasteiger partial charge in [0.05, 0.1) is 5.69 Å². The standard InChI is InChI=1S/C14H13N5/c1-10-9-11(2)19(18-10)13-5-8-16-14(17-13)12-3-6-15-7-4-12/h3-9H,1-2H3. The molecule has 0 N–H and O–H groups in total. The number of hydrogen-bond acceptors (Lipinski definition) is 4. The molecule has 0 spiro atoms. The largest absolute Gasteiger partial charge is 0.265 e. The molecule has 3 heterocycles. The lowest BCUT2D eigenvalue weighted by Crippen LogP contribution is -2.03. The van der Waals surface area contributed by atoms with Crippen molar-refractivity contribution in [2.24, 2.45) is 0 Å². The van der Waals surface area contributed by atoms with E-state index < -0.39 is 0 Å². The summed E-state index contributed by atoms with van der Waals surface area (Å²) < 4.78 is 1.82. The first-order valence-electron chi connectivity index (χ1n) is 6.01. The molecule has 0 amide bonds. The highest BCUT2D eigenvalue weighted by atomic mass is 15.3. The number of aromatic nitrogens is 5. The normalized spacial score (nSPS) is 10.6. The number of nitrogens with zero attached hydrogens (tertiary/aromatic N) is 5. The SMILES string of the molecule is Cc1cc(C)n(-c2ccnc(-c3ccncc3)n2)n1. The highest BCUT2D eigenvalue weighted by Crippen LogP contribution is 2.15. The summed E-state index contributed by atoms with van der Waals surface area (Å²) in [6.07, 6.45) is 5.21. The second-order valence-electron chi connectivity index (χ2n) is 4.31. The van der Waals surface area contributed by atoms with Crippen LogP contribution in [0.4, 0.5) is 0 Å². The van der Waals surface area contributed by atoms with Crippen LogP contribution >= 0.6 is 0 Å². The van der Waals surface area contributed by atoms with Crippen LogP contribution < -0.4 is 0 Å². The topological polar surface area (TPSA) is 56.5 Å². The molecule has 19 heavy (non-hydrogen) atoms. The molecule has 3 aromatic heterocycles. The van der Waals surface area contributed by atoms with Gasteiger partial charge in [-0.3, -0.25) is 4.98 Å². The minimum absolute atomic E-state index is 0.674. The molecular formula is C14H13N5. The van der Waals surface area contributed by atoms with E-state index in [2.05, 4.69) is 20.1 Å². The van der Waals surface area contributed by atoms with E-state index in [1.54, 1.807) is 18.6 Å². The molecule has 0 saturated heterocycles. The Balaban J connectivity index is 2.08. The quantitative estimate of drug-likeness (QED) is 0.701. The first-order valence-corrected chi connectivity index (χ1v) is 6.01. The molecule has 0 bridgehead atoms. The molecule has 0 fully saturated rings. The Kier molecular flexibility index (Phi) is 2.79. The monoisotopic (exact) mass is 251 g/mol. The predicted octanol–water partition coefficient (Wildman–Crippen LogP) is 2.34. The first-order chi connectivity index (χ1) is 9.24. The molecule has 0 unspecified atom stereocenters. The van der Waals surface area contributed by atoms with Crippen LogP contribution in [0.2, 0.25) is 0 Å². The van der Waals surface area contributed by atoms with Gasteiger partial charge in [-0.15, -0.1) is 0 Å². The molecule has 3 aromatic rings. The summed E-state index contributed by atoms with van der Waals surface area (Å²) in [5.74, 6) is 1.44. The minimum atomic E-state index is 0.674. The molecule has 0 saturated carbocycles. The van der Waals surface area contributed by atoms with E-state index in [0.29, 0.717) is 5.82 Å². The second-order valence-corrected chi connectivity index (χ2v) is 4.31. The predicted molar refractivity (Wildman–Crippen MR) is 71.9 cm³/mol. The Morgan fingerprint density at radius 3 is 2.47 bits per heavy atom. The van der Waals surface area contributed by atoms with Crippen LogP contribution in [0.15, 0.2) is 42.9 Å². The summed E-state index contributed by atoms with van der Waals surface area (Å²) >= 11 is 0.